The van der Waals surface area contributed by atoms with Crippen molar-refractivity contribution in [2.24, 2.45) is 0 Å². The fraction of sp³-hybridized carbons (Fsp3) is 0.809. The van der Waals surface area contributed by atoms with Crippen molar-refractivity contribution >= 4 is 17.9 Å². The Hall–Kier alpha value is -2.89. The number of allylic oxidation sites excluding steroid dienone is 10. The standard InChI is InChI=1S/C68H122O6/c1-4-7-10-13-16-19-22-24-26-28-30-31-32-33-34-35-36-37-39-40-42-44-46-49-52-55-58-61-67(70)73-64-65(63-72-66(69)60-57-54-51-48-21-18-15-12-9-6-3)74-68(71)62-59-56-53-50-47-45-43-41-38-29-27-25-23-20-17-14-11-8-5-2/h7,10,12,15-16,19,24,26,30-31,65H,4-6,8-9,11,13-14,17-18,20-23,25,27-29,32-64H2,1-3H3/b10-7-,15-12-,19-16-,26-24-,31-30-. The molecule has 0 fully saturated rings. The van der Waals surface area contributed by atoms with E-state index in [4.69, 9.17) is 14.2 Å². The van der Waals surface area contributed by atoms with Gasteiger partial charge in [-0.15, -0.1) is 0 Å². The van der Waals surface area contributed by atoms with Crippen molar-refractivity contribution in [3.05, 3.63) is 60.8 Å². The van der Waals surface area contributed by atoms with Gasteiger partial charge in [-0.3, -0.25) is 14.4 Å². The van der Waals surface area contributed by atoms with Gasteiger partial charge in [0.2, 0.25) is 0 Å². The smallest absolute Gasteiger partial charge is 0.306 e. The summed E-state index contributed by atoms with van der Waals surface area (Å²) in [5.41, 5.74) is 0. The third-order valence-corrected chi connectivity index (χ3v) is 14.2. The second-order valence-electron chi connectivity index (χ2n) is 21.6. The number of unbranched alkanes of at least 4 members (excludes halogenated alkanes) is 38. The van der Waals surface area contributed by atoms with Gasteiger partial charge in [0.05, 0.1) is 0 Å². The Morgan fingerprint density at radius 1 is 0.284 bits per heavy atom. The number of ether oxygens (including phenoxy) is 3. The molecule has 0 saturated carbocycles. The van der Waals surface area contributed by atoms with Crippen LogP contribution in [0.25, 0.3) is 0 Å². The van der Waals surface area contributed by atoms with Gasteiger partial charge in [0.1, 0.15) is 13.2 Å². The van der Waals surface area contributed by atoms with Gasteiger partial charge in [-0.05, 0) is 77.0 Å². The number of esters is 3. The molecule has 0 heterocycles. The van der Waals surface area contributed by atoms with Crippen LogP contribution in [0, 0.1) is 0 Å². The van der Waals surface area contributed by atoms with Gasteiger partial charge < -0.3 is 14.2 Å². The molecule has 0 aromatic heterocycles. The third-order valence-electron chi connectivity index (χ3n) is 14.2. The Bertz CT molecular complexity index is 1330. The van der Waals surface area contributed by atoms with Gasteiger partial charge >= 0.3 is 17.9 Å². The van der Waals surface area contributed by atoms with Crippen LogP contribution in [0.3, 0.4) is 0 Å². The maximum atomic E-state index is 12.9. The molecule has 0 aliphatic rings. The van der Waals surface area contributed by atoms with Gasteiger partial charge in [0, 0.05) is 19.3 Å². The highest BCUT2D eigenvalue weighted by atomic mass is 16.6. The molecule has 0 bridgehead atoms. The molecule has 0 N–H and O–H groups in total. The van der Waals surface area contributed by atoms with Crippen molar-refractivity contribution in [1.29, 1.82) is 0 Å². The zero-order valence-corrected chi connectivity index (χ0v) is 49.4. The minimum atomic E-state index is -0.775. The Morgan fingerprint density at radius 3 is 0.892 bits per heavy atom. The van der Waals surface area contributed by atoms with Crippen molar-refractivity contribution in [3.63, 3.8) is 0 Å². The second kappa shape index (κ2) is 62.6. The topological polar surface area (TPSA) is 78.9 Å². The molecule has 1 atom stereocenters. The molecular weight excluding hydrogens is 913 g/mol. The molecule has 0 radical (unpaired) electrons. The van der Waals surface area contributed by atoms with E-state index in [2.05, 4.69) is 81.5 Å². The molecule has 0 amide bonds. The third kappa shape index (κ3) is 60.0. The van der Waals surface area contributed by atoms with Crippen molar-refractivity contribution in [1.82, 2.24) is 0 Å². The normalized spacial score (nSPS) is 12.4. The Labute approximate surface area is 460 Å². The number of rotatable bonds is 59. The summed E-state index contributed by atoms with van der Waals surface area (Å²) in [5, 5.41) is 0. The van der Waals surface area contributed by atoms with Crippen LogP contribution < -0.4 is 0 Å². The summed E-state index contributed by atoms with van der Waals surface area (Å²) in [4.78, 5) is 38.2. The lowest BCUT2D eigenvalue weighted by molar-refractivity contribution is -0.167. The first kappa shape index (κ1) is 71.1. The Kier molecular flexibility index (Phi) is 60.2. The molecule has 0 rings (SSSR count). The predicted octanol–water partition coefficient (Wildman–Crippen LogP) is 21.9. The van der Waals surface area contributed by atoms with Crippen LogP contribution in [0.4, 0.5) is 0 Å². The molecule has 0 aromatic rings. The molecular formula is C68H122O6. The van der Waals surface area contributed by atoms with Gasteiger partial charge in [0.15, 0.2) is 6.10 Å². The zero-order chi connectivity index (χ0) is 53.6. The quantitative estimate of drug-likeness (QED) is 0.0261. The molecule has 0 aromatic carbocycles. The van der Waals surface area contributed by atoms with E-state index in [0.29, 0.717) is 19.3 Å². The molecule has 6 heteroatoms. The lowest BCUT2D eigenvalue weighted by Gasteiger charge is -2.18. The lowest BCUT2D eigenvalue weighted by Crippen LogP contribution is -2.30. The SMILES string of the molecule is CC/C=C\C/C=C\C/C=C\C/C=C\CCCCCCCCCCCCCCCCC(=O)OCC(COC(=O)CCCCCCC/C=C\CCC)OC(=O)CCCCCCCCCCCCCCCCCCCCC. The van der Waals surface area contributed by atoms with Crippen LogP contribution in [-0.4, -0.2) is 37.2 Å². The van der Waals surface area contributed by atoms with E-state index in [1.54, 1.807) is 0 Å². The average Bonchev–Trinajstić information content (AvgIpc) is 3.40. The van der Waals surface area contributed by atoms with Crippen molar-refractivity contribution < 1.29 is 28.6 Å². The summed E-state index contributed by atoms with van der Waals surface area (Å²) in [6.45, 7) is 6.51. The van der Waals surface area contributed by atoms with Crippen LogP contribution >= 0.6 is 0 Å². The summed E-state index contributed by atoms with van der Waals surface area (Å²) in [6, 6.07) is 0. The number of carbonyl (C=O) groups excluding carboxylic acids is 3. The van der Waals surface area contributed by atoms with Crippen molar-refractivity contribution in [2.75, 3.05) is 13.2 Å². The fourth-order valence-electron chi connectivity index (χ4n) is 9.44. The van der Waals surface area contributed by atoms with Crippen molar-refractivity contribution in [3.8, 4) is 0 Å². The summed E-state index contributed by atoms with van der Waals surface area (Å²) in [5.74, 6) is -0.865. The van der Waals surface area contributed by atoms with E-state index in [-0.39, 0.29) is 31.1 Å². The zero-order valence-electron chi connectivity index (χ0n) is 49.4. The number of hydrogen-bond donors (Lipinski definition) is 0. The first-order valence-electron chi connectivity index (χ1n) is 32.3. The van der Waals surface area contributed by atoms with Crippen LogP contribution in [0.1, 0.15) is 335 Å². The monoisotopic (exact) mass is 1030 g/mol. The highest BCUT2D eigenvalue weighted by Crippen LogP contribution is 2.18. The van der Waals surface area contributed by atoms with Crippen LogP contribution in [-0.2, 0) is 28.6 Å². The van der Waals surface area contributed by atoms with E-state index in [9.17, 15) is 14.4 Å². The highest BCUT2D eigenvalue weighted by molar-refractivity contribution is 5.71. The summed E-state index contributed by atoms with van der Waals surface area (Å²) in [6.07, 6.45) is 79.6. The van der Waals surface area contributed by atoms with E-state index < -0.39 is 6.10 Å². The maximum Gasteiger partial charge on any atom is 0.306 e. The molecule has 0 aliphatic carbocycles. The molecule has 0 spiro atoms. The van der Waals surface area contributed by atoms with Crippen molar-refractivity contribution in [2.45, 2.75) is 341 Å². The van der Waals surface area contributed by atoms with Gasteiger partial charge in [-0.25, -0.2) is 0 Å². The average molecular weight is 1040 g/mol. The van der Waals surface area contributed by atoms with Gasteiger partial charge in [-0.1, -0.05) is 300 Å². The maximum absolute atomic E-state index is 12.9. The summed E-state index contributed by atoms with van der Waals surface area (Å²) >= 11 is 0. The minimum Gasteiger partial charge on any atom is -0.462 e. The first-order chi connectivity index (χ1) is 36.5. The van der Waals surface area contributed by atoms with Gasteiger partial charge in [0.25, 0.3) is 0 Å². The van der Waals surface area contributed by atoms with E-state index in [1.807, 2.05) is 0 Å². The molecule has 1 unspecified atom stereocenters. The minimum absolute atomic E-state index is 0.0730. The predicted molar refractivity (Wildman–Crippen MR) is 321 cm³/mol. The van der Waals surface area contributed by atoms with Crippen LogP contribution in [0.5, 0.6) is 0 Å². The summed E-state index contributed by atoms with van der Waals surface area (Å²) < 4.78 is 16.9. The second-order valence-corrected chi connectivity index (χ2v) is 21.6. The molecule has 74 heavy (non-hydrogen) atoms. The molecule has 0 saturated heterocycles. The fourth-order valence-corrected chi connectivity index (χ4v) is 9.44. The van der Waals surface area contributed by atoms with Crippen LogP contribution in [0.15, 0.2) is 60.8 Å². The van der Waals surface area contributed by atoms with E-state index in [1.165, 1.54) is 199 Å². The lowest BCUT2D eigenvalue weighted by atomic mass is 10.0. The number of hydrogen-bond acceptors (Lipinski definition) is 6. The van der Waals surface area contributed by atoms with E-state index >= 15 is 0 Å². The molecule has 430 valence electrons. The Balaban J connectivity index is 4.17. The van der Waals surface area contributed by atoms with E-state index in [0.717, 1.165) is 96.3 Å². The Morgan fingerprint density at radius 2 is 0.554 bits per heavy atom. The highest BCUT2D eigenvalue weighted by Gasteiger charge is 2.19. The number of carbonyl (C=O) groups is 3. The first-order valence-corrected chi connectivity index (χ1v) is 32.3. The molecule has 6 nitrogen and oxygen atoms in total. The van der Waals surface area contributed by atoms with Gasteiger partial charge in [-0.2, -0.15) is 0 Å². The largest absolute Gasteiger partial charge is 0.462 e. The molecule has 0 aliphatic heterocycles. The van der Waals surface area contributed by atoms with Crippen LogP contribution in [0.2, 0.25) is 0 Å². The summed E-state index contributed by atoms with van der Waals surface area (Å²) in [7, 11) is 0.